The number of ether oxygens (including phenoxy) is 1. The lowest BCUT2D eigenvalue weighted by Crippen LogP contribution is -2.41. The average Bonchev–Trinajstić information content (AvgIpc) is 3.36. The predicted octanol–water partition coefficient (Wildman–Crippen LogP) is 3.19. The number of carbonyl (C=O) groups is 3. The molecule has 1 aromatic heterocycles. The van der Waals surface area contributed by atoms with Crippen molar-refractivity contribution in [2.75, 3.05) is 25.0 Å². The van der Waals surface area contributed by atoms with Crippen LogP contribution in [-0.4, -0.2) is 43.0 Å². The summed E-state index contributed by atoms with van der Waals surface area (Å²) in [5, 5.41) is 5.32. The van der Waals surface area contributed by atoms with Crippen molar-refractivity contribution < 1.29 is 19.1 Å². The highest BCUT2D eigenvalue weighted by Gasteiger charge is 2.30. The van der Waals surface area contributed by atoms with Gasteiger partial charge in [0.1, 0.15) is 11.4 Å². The Kier molecular flexibility index (Phi) is 6.30. The van der Waals surface area contributed by atoms with Crippen LogP contribution >= 0.6 is 0 Å². The van der Waals surface area contributed by atoms with E-state index in [-0.39, 0.29) is 0 Å². The van der Waals surface area contributed by atoms with Crippen LogP contribution in [0, 0.1) is 0 Å². The Balaban J connectivity index is 1.70. The average molecular weight is 432 g/mol. The molecule has 0 bridgehead atoms. The zero-order valence-electron chi connectivity index (χ0n) is 17.7. The second kappa shape index (κ2) is 9.47. The summed E-state index contributed by atoms with van der Waals surface area (Å²) in [4.78, 5) is 44.6. The van der Waals surface area contributed by atoms with Gasteiger partial charge in [0.15, 0.2) is 0 Å². The molecule has 8 heteroatoms. The van der Waals surface area contributed by atoms with Gasteiger partial charge in [0.25, 0.3) is 5.91 Å². The number of amides is 3. The van der Waals surface area contributed by atoms with Crippen LogP contribution in [0.15, 0.2) is 60.7 Å². The maximum atomic E-state index is 13.3. The van der Waals surface area contributed by atoms with Crippen molar-refractivity contribution in [3.63, 3.8) is 0 Å². The largest absolute Gasteiger partial charge is 0.444 e. The van der Waals surface area contributed by atoms with E-state index in [0.29, 0.717) is 16.9 Å². The number of hydrogen-bond acceptors (Lipinski definition) is 6. The minimum absolute atomic E-state index is 0.291. The van der Waals surface area contributed by atoms with Crippen LogP contribution in [0.25, 0.3) is 10.9 Å². The van der Waals surface area contributed by atoms with Gasteiger partial charge in [-0.05, 0) is 25.0 Å². The van der Waals surface area contributed by atoms with Gasteiger partial charge in [-0.25, -0.2) is 14.6 Å². The number of nitrogens with one attached hydrogen (secondary N) is 2. The normalized spacial score (nSPS) is 14.1. The highest BCUT2D eigenvalue weighted by Crippen LogP contribution is 2.29. The molecule has 1 atom stereocenters. The molecule has 2 heterocycles. The molecule has 164 valence electrons. The van der Waals surface area contributed by atoms with Crippen molar-refractivity contribution >= 4 is 34.6 Å². The van der Waals surface area contributed by atoms with Gasteiger partial charge >= 0.3 is 12.0 Å². The van der Waals surface area contributed by atoms with E-state index in [2.05, 4.69) is 15.5 Å². The van der Waals surface area contributed by atoms with E-state index in [4.69, 9.17) is 9.72 Å². The van der Waals surface area contributed by atoms with Gasteiger partial charge in [0, 0.05) is 31.1 Å². The van der Waals surface area contributed by atoms with Gasteiger partial charge in [-0.15, -0.1) is 0 Å². The van der Waals surface area contributed by atoms with Gasteiger partial charge in [0.05, 0.1) is 5.52 Å². The molecule has 2 N–H and O–H groups in total. The Labute approximate surface area is 185 Å². The number of hydrogen-bond donors (Lipinski definition) is 2. The summed E-state index contributed by atoms with van der Waals surface area (Å²) in [6.45, 7) is 1.59. The molecule has 3 amide bonds. The number of urea groups is 1. The van der Waals surface area contributed by atoms with E-state index < -0.39 is 24.0 Å². The van der Waals surface area contributed by atoms with E-state index in [0.717, 1.165) is 36.8 Å². The van der Waals surface area contributed by atoms with Crippen LogP contribution < -0.4 is 15.5 Å². The van der Waals surface area contributed by atoms with Gasteiger partial charge in [0.2, 0.25) is 6.10 Å². The van der Waals surface area contributed by atoms with E-state index in [1.54, 1.807) is 36.4 Å². The fraction of sp³-hybridized carbons (Fsp3) is 0.250. The molecule has 0 radical (unpaired) electrons. The molecule has 1 fully saturated rings. The second-order valence-electron chi connectivity index (χ2n) is 7.51. The number of carbonyl (C=O) groups excluding carboxylic acids is 3. The smallest absolute Gasteiger partial charge is 0.343 e. The van der Waals surface area contributed by atoms with Crippen LogP contribution in [0.4, 0.5) is 10.6 Å². The van der Waals surface area contributed by atoms with Gasteiger partial charge < -0.3 is 15.0 Å². The third-order valence-corrected chi connectivity index (χ3v) is 5.36. The fourth-order valence-corrected chi connectivity index (χ4v) is 3.74. The predicted molar refractivity (Wildman–Crippen MR) is 120 cm³/mol. The third kappa shape index (κ3) is 4.54. The Morgan fingerprint density at radius 3 is 2.41 bits per heavy atom. The molecule has 0 saturated carbocycles. The van der Waals surface area contributed by atoms with Crippen LogP contribution in [0.1, 0.15) is 34.9 Å². The van der Waals surface area contributed by atoms with Crippen molar-refractivity contribution in [3.8, 4) is 0 Å². The number of para-hydroxylation sites is 1. The molecule has 1 saturated heterocycles. The number of benzene rings is 2. The number of anilines is 1. The number of aromatic nitrogens is 1. The van der Waals surface area contributed by atoms with Crippen molar-refractivity contribution in [1.29, 1.82) is 0 Å². The van der Waals surface area contributed by atoms with Gasteiger partial charge in [-0.2, -0.15) is 0 Å². The molecule has 1 aliphatic rings. The zero-order chi connectivity index (χ0) is 22.5. The summed E-state index contributed by atoms with van der Waals surface area (Å²) < 4.78 is 5.68. The molecular formula is C24H24N4O4. The molecule has 2 aromatic carbocycles. The van der Waals surface area contributed by atoms with Crippen molar-refractivity contribution in [1.82, 2.24) is 15.6 Å². The molecule has 8 nitrogen and oxygen atoms in total. The maximum Gasteiger partial charge on any atom is 0.343 e. The van der Waals surface area contributed by atoms with Crippen molar-refractivity contribution in [2.45, 2.75) is 18.9 Å². The Bertz CT molecular complexity index is 1140. The first-order valence-corrected chi connectivity index (χ1v) is 10.5. The van der Waals surface area contributed by atoms with Crippen LogP contribution in [0.2, 0.25) is 0 Å². The van der Waals surface area contributed by atoms with E-state index >= 15 is 0 Å². The molecular weight excluding hydrogens is 408 g/mol. The van der Waals surface area contributed by atoms with E-state index in [9.17, 15) is 14.4 Å². The van der Waals surface area contributed by atoms with E-state index in [1.807, 2.05) is 24.3 Å². The van der Waals surface area contributed by atoms with Crippen LogP contribution in [0.3, 0.4) is 0 Å². The Hall–Kier alpha value is -3.94. The summed E-state index contributed by atoms with van der Waals surface area (Å²) in [5.41, 5.74) is 1.53. The molecule has 1 unspecified atom stereocenters. The lowest BCUT2D eigenvalue weighted by atomic mass is 10.1. The Morgan fingerprint density at radius 2 is 1.69 bits per heavy atom. The zero-order valence-corrected chi connectivity index (χ0v) is 17.7. The number of pyridine rings is 1. The maximum absolute atomic E-state index is 13.3. The Morgan fingerprint density at radius 1 is 1.00 bits per heavy atom. The summed E-state index contributed by atoms with van der Waals surface area (Å²) in [7, 11) is 1.40. The number of nitrogens with zero attached hydrogens (tertiary/aromatic N) is 2. The summed E-state index contributed by atoms with van der Waals surface area (Å²) in [6, 6.07) is 17.2. The van der Waals surface area contributed by atoms with Gasteiger partial charge in [-0.3, -0.25) is 10.1 Å². The third-order valence-electron chi connectivity index (χ3n) is 5.36. The summed E-state index contributed by atoms with van der Waals surface area (Å²) >= 11 is 0. The lowest BCUT2D eigenvalue weighted by Gasteiger charge is -2.22. The molecule has 0 aliphatic carbocycles. The number of rotatable bonds is 5. The summed E-state index contributed by atoms with van der Waals surface area (Å²) in [5.74, 6) is -0.865. The number of imide groups is 1. The number of fused-ring (bicyclic) bond motifs is 1. The lowest BCUT2D eigenvalue weighted by molar-refractivity contribution is -0.129. The standard InChI is InChI=1S/C24H24N4O4/c1-25-24(31)27-22(29)20(16-9-3-2-4-10-16)32-23(30)18-15-17-11-5-6-12-19(17)26-21(18)28-13-7-8-14-28/h2-6,9-12,15,20H,7-8,13-14H2,1H3,(H2,25,27,29,31). The number of esters is 1. The molecule has 4 rings (SSSR count). The SMILES string of the molecule is CNC(=O)NC(=O)C(OC(=O)c1cc2ccccc2nc1N1CCCC1)c1ccccc1. The first kappa shape index (κ1) is 21.3. The van der Waals surface area contributed by atoms with Crippen molar-refractivity contribution in [3.05, 3.63) is 71.8 Å². The highest BCUT2D eigenvalue weighted by molar-refractivity contribution is 6.02. The fourth-order valence-electron chi connectivity index (χ4n) is 3.74. The minimum Gasteiger partial charge on any atom is -0.444 e. The topological polar surface area (TPSA) is 101 Å². The monoisotopic (exact) mass is 432 g/mol. The first-order chi connectivity index (χ1) is 15.6. The minimum atomic E-state index is -1.29. The van der Waals surface area contributed by atoms with Gasteiger partial charge in [-0.1, -0.05) is 48.5 Å². The summed E-state index contributed by atoms with van der Waals surface area (Å²) in [6.07, 6.45) is 0.743. The molecule has 0 spiro atoms. The highest BCUT2D eigenvalue weighted by atomic mass is 16.5. The molecule has 3 aromatic rings. The van der Waals surface area contributed by atoms with Crippen molar-refractivity contribution in [2.24, 2.45) is 0 Å². The first-order valence-electron chi connectivity index (χ1n) is 10.5. The quantitative estimate of drug-likeness (QED) is 0.601. The molecule has 1 aliphatic heterocycles. The van der Waals surface area contributed by atoms with E-state index in [1.165, 1.54) is 7.05 Å². The van der Waals surface area contributed by atoms with Crippen LogP contribution in [-0.2, 0) is 9.53 Å². The molecule has 32 heavy (non-hydrogen) atoms. The second-order valence-corrected chi connectivity index (χ2v) is 7.51. The van der Waals surface area contributed by atoms with Crippen LogP contribution in [0.5, 0.6) is 0 Å².